The molecule has 2 heterocycles. The molecule has 1 aromatic carbocycles. The van der Waals surface area contributed by atoms with Crippen LogP contribution in [0.1, 0.15) is 29.7 Å². The van der Waals surface area contributed by atoms with Crippen molar-refractivity contribution in [3.05, 3.63) is 35.4 Å². The minimum atomic E-state index is -0.0688. The van der Waals surface area contributed by atoms with Crippen LogP contribution in [0.25, 0.3) is 0 Å². The highest BCUT2D eigenvalue weighted by Gasteiger charge is 2.42. The van der Waals surface area contributed by atoms with Gasteiger partial charge in [0.15, 0.2) is 0 Å². The van der Waals surface area contributed by atoms with Crippen LogP contribution in [0.5, 0.6) is 0 Å². The summed E-state index contributed by atoms with van der Waals surface area (Å²) in [4.78, 5) is 29.2. The highest BCUT2D eigenvalue weighted by Crippen LogP contribution is 2.40. The Morgan fingerprint density at radius 3 is 2.33 bits per heavy atom. The second-order valence-corrected chi connectivity index (χ2v) is 8.38. The van der Waals surface area contributed by atoms with E-state index in [1.807, 2.05) is 15.9 Å². The smallest absolute Gasteiger partial charge is 0.240 e. The van der Waals surface area contributed by atoms with Crippen molar-refractivity contribution >= 4 is 23.6 Å². The summed E-state index contributed by atoms with van der Waals surface area (Å²) in [7, 11) is 0. The van der Waals surface area contributed by atoms with Gasteiger partial charge in [0.2, 0.25) is 11.8 Å². The van der Waals surface area contributed by atoms with Crippen LogP contribution in [0.2, 0.25) is 0 Å². The summed E-state index contributed by atoms with van der Waals surface area (Å²) < 4.78 is 0. The molecule has 0 unspecified atom stereocenters. The number of thioether (sulfide) groups is 1. The van der Waals surface area contributed by atoms with E-state index in [0.717, 1.165) is 18.6 Å². The lowest BCUT2D eigenvalue weighted by atomic mass is 10.0. The predicted molar refractivity (Wildman–Crippen MR) is 95.8 cm³/mol. The lowest BCUT2D eigenvalue weighted by Crippen LogP contribution is -2.52. The predicted octanol–water partition coefficient (Wildman–Crippen LogP) is 2.34. The highest BCUT2D eigenvalue weighted by atomic mass is 32.2. The average molecular weight is 344 g/mol. The minimum Gasteiger partial charge on any atom is -0.339 e. The van der Waals surface area contributed by atoms with Crippen LogP contribution in [-0.4, -0.2) is 53.5 Å². The van der Waals surface area contributed by atoms with Gasteiger partial charge < -0.3 is 9.80 Å². The fourth-order valence-corrected chi connectivity index (χ4v) is 5.09. The van der Waals surface area contributed by atoms with Crippen molar-refractivity contribution < 1.29 is 9.59 Å². The number of amides is 2. The van der Waals surface area contributed by atoms with E-state index in [4.69, 9.17) is 0 Å². The molecule has 3 atom stereocenters. The number of carbonyl (C=O) groups is 2. The first kappa shape index (κ1) is 16.0. The van der Waals surface area contributed by atoms with Crippen LogP contribution in [0.4, 0.5) is 0 Å². The van der Waals surface area contributed by atoms with E-state index in [-0.39, 0.29) is 17.1 Å². The Morgan fingerprint density at radius 2 is 1.67 bits per heavy atom. The molecule has 0 radical (unpaired) electrons. The van der Waals surface area contributed by atoms with E-state index in [1.54, 1.807) is 11.8 Å². The van der Waals surface area contributed by atoms with Gasteiger partial charge in [-0.3, -0.25) is 9.59 Å². The van der Waals surface area contributed by atoms with Crippen LogP contribution in [0.15, 0.2) is 24.3 Å². The number of piperazine rings is 1. The largest absolute Gasteiger partial charge is 0.339 e. The Bertz CT molecular complexity index is 655. The summed E-state index contributed by atoms with van der Waals surface area (Å²) in [5.41, 5.74) is 2.50. The maximum absolute atomic E-state index is 13.0. The number of nitrogens with zero attached hydrogens (tertiary/aromatic N) is 2. The number of hydrogen-bond acceptors (Lipinski definition) is 3. The van der Waals surface area contributed by atoms with E-state index >= 15 is 0 Å². The first-order chi connectivity index (χ1) is 11.6. The van der Waals surface area contributed by atoms with Crippen molar-refractivity contribution in [2.45, 2.75) is 25.0 Å². The molecule has 2 aliphatic heterocycles. The Kier molecular flexibility index (Phi) is 4.29. The summed E-state index contributed by atoms with van der Waals surface area (Å²) in [6.45, 7) is 4.86. The lowest BCUT2D eigenvalue weighted by Gasteiger charge is -2.37. The summed E-state index contributed by atoms with van der Waals surface area (Å²) in [5.74, 6) is 2.32. The van der Waals surface area contributed by atoms with Crippen molar-refractivity contribution in [3.63, 3.8) is 0 Å². The molecule has 2 amide bonds. The van der Waals surface area contributed by atoms with Gasteiger partial charge in [0.05, 0.1) is 0 Å². The molecule has 0 spiro atoms. The van der Waals surface area contributed by atoms with Gasteiger partial charge in [-0.2, -0.15) is 0 Å². The van der Waals surface area contributed by atoms with Crippen molar-refractivity contribution in [2.24, 2.45) is 11.8 Å². The zero-order chi connectivity index (χ0) is 16.7. The van der Waals surface area contributed by atoms with Crippen LogP contribution >= 0.6 is 11.8 Å². The highest BCUT2D eigenvalue weighted by molar-refractivity contribution is 8.00. The van der Waals surface area contributed by atoms with Gasteiger partial charge in [-0.05, 0) is 35.6 Å². The standard InChI is InChI=1S/C19H24N2O2S/c1-13-12-16(13)18(22)20-7-9-21(10-8-20)19(23)17-15-5-3-2-4-14(15)6-11-24-17/h2-5,13,16-17H,6-12H2,1H3/t13-,16-,17-/m1/s1. The second-order valence-electron chi connectivity index (χ2n) is 7.17. The molecule has 3 aliphatic rings. The summed E-state index contributed by atoms with van der Waals surface area (Å²) >= 11 is 1.76. The van der Waals surface area contributed by atoms with Crippen molar-refractivity contribution in [2.75, 3.05) is 31.9 Å². The number of benzene rings is 1. The number of hydrogen-bond donors (Lipinski definition) is 0. The number of carbonyl (C=O) groups excluding carboxylic acids is 2. The quantitative estimate of drug-likeness (QED) is 0.827. The lowest BCUT2D eigenvalue weighted by molar-refractivity contribution is -0.140. The van der Waals surface area contributed by atoms with E-state index in [0.29, 0.717) is 38.0 Å². The van der Waals surface area contributed by atoms with E-state index in [1.165, 1.54) is 11.1 Å². The summed E-state index contributed by atoms with van der Waals surface area (Å²) in [6.07, 6.45) is 2.08. The molecular formula is C19H24N2O2S. The van der Waals surface area contributed by atoms with Gasteiger partial charge in [-0.15, -0.1) is 11.8 Å². The van der Waals surface area contributed by atoms with Gasteiger partial charge >= 0.3 is 0 Å². The third kappa shape index (κ3) is 2.94. The molecule has 2 fully saturated rings. The monoisotopic (exact) mass is 344 g/mol. The van der Waals surface area contributed by atoms with Gasteiger partial charge in [-0.25, -0.2) is 0 Å². The van der Waals surface area contributed by atoms with Gasteiger partial charge in [0, 0.05) is 32.1 Å². The molecule has 1 aliphatic carbocycles. The zero-order valence-corrected chi connectivity index (χ0v) is 14.9. The Balaban J connectivity index is 1.39. The number of rotatable bonds is 2. The minimum absolute atomic E-state index is 0.0688. The Hall–Kier alpha value is -1.49. The molecule has 5 heteroatoms. The molecule has 1 aromatic rings. The molecule has 4 nitrogen and oxygen atoms in total. The average Bonchev–Trinajstić information content (AvgIpc) is 3.37. The van der Waals surface area contributed by atoms with Gasteiger partial charge in [0.1, 0.15) is 5.25 Å². The fraction of sp³-hybridized carbons (Fsp3) is 0.579. The molecule has 4 rings (SSSR count). The maximum atomic E-state index is 13.0. The molecule has 24 heavy (non-hydrogen) atoms. The van der Waals surface area contributed by atoms with Crippen molar-refractivity contribution in [3.8, 4) is 0 Å². The van der Waals surface area contributed by atoms with Crippen LogP contribution in [-0.2, 0) is 16.0 Å². The molecular weight excluding hydrogens is 320 g/mol. The number of aryl methyl sites for hydroxylation is 1. The molecule has 0 N–H and O–H groups in total. The van der Waals surface area contributed by atoms with Crippen LogP contribution < -0.4 is 0 Å². The van der Waals surface area contributed by atoms with Gasteiger partial charge in [-0.1, -0.05) is 31.2 Å². The number of fused-ring (bicyclic) bond motifs is 1. The van der Waals surface area contributed by atoms with Crippen molar-refractivity contribution in [1.82, 2.24) is 9.80 Å². The molecule has 0 bridgehead atoms. The van der Waals surface area contributed by atoms with E-state index < -0.39 is 0 Å². The van der Waals surface area contributed by atoms with Crippen LogP contribution in [0, 0.1) is 11.8 Å². The molecule has 1 saturated carbocycles. The van der Waals surface area contributed by atoms with Gasteiger partial charge in [0.25, 0.3) is 0 Å². The third-order valence-corrected chi connectivity index (χ3v) is 6.78. The van der Waals surface area contributed by atoms with Crippen LogP contribution in [0.3, 0.4) is 0 Å². The normalized spacial score (nSPS) is 29.1. The molecule has 1 saturated heterocycles. The first-order valence-corrected chi connectivity index (χ1v) is 9.97. The SMILES string of the molecule is C[C@@H]1C[C@H]1C(=O)N1CCN(C(=O)[C@@H]2SCCc3ccccc32)CC1. The first-order valence-electron chi connectivity index (χ1n) is 8.92. The zero-order valence-electron chi connectivity index (χ0n) is 14.1. The van der Waals surface area contributed by atoms with E-state index in [9.17, 15) is 9.59 Å². The topological polar surface area (TPSA) is 40.6 Å². The summed E-state index contributed by atoms with van der Waals surface area (Å²) in [6, 6.07) is 8.32. The summed E-state index contributed by atoms with van der Waals surface area (Å²) in [5, 5.41) is -0.0688. The fourth-order valence-electron chi connectivity index (χ4n) is 3.81. The molecule has 128 valence electrons. The third-order valence-electron chi connectivity index (χ3n) is 5.55. The Labute approximate surface area is 147 Å². The Morgan fingerprint density at radius 1 is 1.04 bits per heavy atom. The maximum Gasteiger partial charge on any atom is 0.240 e. The van der Waals surface area contributed by atoms with E-state index in [2.05, 4.69) is 25.1 Å². The van der Waals surface area contributed by atoms with Crippen molar-refractivity contribution in [1.29, 1.82) is 0 Å². The molecule has 0 aromatic heterocycles. The second kappa shape index (κ2) is 6.43.